The largest absolute Gasteiger partial charge is 0.352 e. The third kappa shape index (κ3) is 8.05. The predicted molar refractivity (Wildman–Crippen MR) is 121 cm³/mol. The molecule has 8 heteroatoms. The van der Waals surface area contributed by atoms with Crippen molar-refractivity contribution in [1.29, 1.82) is 0 Å². The number of carbonyl (C=O) groups is 1. The standard InChI is InChI=1S/C18H25N5OS.HI/c1-13(2)22-18(24)23-16-6-4-14(5-7-16)10-20-17(19-3)21-11-15-8-9-25-12-15;/h4-9,12-13H,10-11H2,1-3H3,(H2,19,20,21)(H2,22,23,24);1H. The van der Waals surface area contributed by atoms with Crippen molar-refractivity contribution in [2.24, 2.45) is 4.99 Å². The number of guanidine groups is 1. The third-order valence-electron chi connectivity index (χ3n) is 3.36. The van der Waals surface area contributed by atoms with Crippen LogP contribution in [0.2, 0.25) is 0 Å². The monoisotopic (exact) mass is 487 g/mol. The highest BCUT2D eigenvalue weighted by molar-refractivity contribution is 14.0. The number of aliphatic imine (C=N–C) groups is 1. The van der Waals surface area contributed by atoms with E-state index in [4.69, 9.17) is 0 Å². The molecule has 0 aliphatic rings. The van der Waals surface area contributed by atoms with Crippen molar-refractivity contribution >= 4 is 53.0 Å². The maximum absolute atomic E-state index is 11.7. The summed E-state index contributed by atoms with van der Waals surface area (Å²) in [5.74, 6) is 0.754. The smallest absolute Gasteiger partial charge is 0.319 e. The molecule has 1 heterocycles. The number of carbonyl (C=O) groups excluding carboxylic acids is 1. The van der Waals surface area contributed by atoms with Gasteiger partial charge in [-0.15, -0.1) is 24.0 Å². The predicted octanol–water partition coefficient (Wildman–Crippen LogP) is 3.76. The van der Waals surface area contributed by atoms with Gasteiger partial charge in [-0.25, -0.2) is 4.79 Å². The summed E-state index contributed by atoms with van der Waals surface area (Å²) in [6.07, 6.45) is 0. The number of nitrogens with zero attached hydrogens (tertiary/aromatic N) is 1. The molecule has 0 fully saturated rings. The van der Waals surface area contributed by atoms with Crippen molar-refractivity contribution in [2.75, 3.05) is 12.4 Å². The third-order valence-corrected chi connectivity index (χ3v) is 4.09. The Labute approximate surface area is 175 Å². The topological polar surface area (TPSA) is 77.5 Å². The Kier molecular flexibility index (Phi) is 10.0. The number of urea groups is 1. The van der Waals surface area contributed by atoms with Crippen molar-refractivity contribution in [1.82, 2.24) is 16.0 Å². The number of rotatable bonds is 6. The van der Waals surface area contributed by atoms with Crippen LogP contribution in [0.15, 0.2) is 46.1 Å². The quantitative estimate of drug-likeness (QED) is 0.285. The number of hydrogen-bond acceptors (Lipinski definition) is 3. The molecule has 142 valence electrons. The first-order chi connectivity index (χ1) is 12.1. The molecule has 0 spiro atoms. The Balaban J connectivity index is 0.00000338. The highest BCUT2D eigenvalue weighted by atomic mass is 127. The minimum Gasteiger partial charge on any atom is -0.352 e. The van der Waals surface area contributed by atoms with E-state index in [0.717, 1.165) is 23.8 Å². The lowest BCUT2D eigenvalue weighted by molar-refractivity contribution is 0.250. The summed E-state index contributed by atoms with van der Waals surface area (Å²) in [5.41, 5.74) is 3.11. The molecule has 0 bridgehead atoms. The van der Waals surface area contributed by atoms with Gasteiger partial charge in [0.05, 0.1) is 0 Å². The van der Waals surface area contributed by atoms with Crippen molar-refractivity contribution in [3.05, 3.63) is 52.2 Å². The van der Waals surface area contributed by atoms with Gasteiger partial charge in [0, 0.05) is 31.9 Å². The summed E-state index contributed by atoms with van der Waals surface area (Å²) in [4.78, 5) is 15.9. The van der Waals surface area contributed by atoms with Gasteiger partial charge in [0.15, 0.2) is 5.96 Å². The first kappa shape index (κ1) is 22.2. The molecule has 1 aromatic heterocycles. The van der Waals surface area contributed by atoms with Gasteiger partial charge >= 0.3 is 6.03 Å². The normalized spacial score (nSPS) is 10.8. The summed E-state index contributed by atoms with van der Waals surface area (Å²) in [5, 5.41) is 16.3. The summed E-state index contributed by atoms with van der Waals surface area (Å²) in [6.45, 7) is 5.25. The van der Waals surface area contributed by atoms with Crippen LogP contribution >= 0.6 is 35.3 Å². The fourth-order valence-corrected chi connectivity index (χ4v) is 2.79. The van der Waals surface area contributed by atoms with Crippen molar-refractivity contribution in [2.45, 2.75) is 33.0 Å². The van der Waals surface area contributed by atoms with Gasteiger partial charge in [0.25, 0.3) is 0 Å². The van der Waals surface area contributed by atoms with E-state index in [1.165, 1.54) is 5.56 Å². The second-order valence-electron chi connectivity index (χ2n) is 5.86. The first-order valence-electron chi connectivity index (χ1n) is 8.19. The Morgan fingerprint density at radius 2 is 1.73 bits per heavy atom. The highest BCUT2D eigenvalue weighted by Gasteiger charge is 2.04. The zero-order valence-corrected chi connectivity index (χ0v) is 18.4. The number of thiophene rings is 1. The second kappa shape index (κ2) is 11.7. The van der Waals surface area contributed by atoms with Gasteiger partial charge in [-0.2, -0.15) is 11.3 Å². The molecule has 6 nitrogen and oxygen atoms in total. The van der Waals surface area contributed by atoms with Crippen LogP contribution in [0.1, 0.15) is 25.0 Å². The molecular weight excluding hydrogens is 461 g/mol. The van der Waals surface area contributed by atoms with Crippen LogP contribution in [0.25, 0.3) is 0 Å². The van der Waals surface area contributed by atoms with Crippen molar-refractivity contribution in [3.8, 4) is 0 Å². The fraction of sp³-hybridized carbons (Fsp3) is 0.333. The molecule has 2 amide bonds. The van der Waals surface area contributed by atoms with E-state index < -0.39 is 0 Å². The molecule has 0 saturated carbocycles. The van der Waals surface area contributed by atoms with Gasteiger partial charge in [-0.1, -0.05) is 12.1 Å². The molecule has 26 heavy (non-hydrogen) atoms. The Morgan fingerprint density at radius 3 is 2.27 bits per heavy atom. The molecular formula is C18H26IN5OS. The van der Waals surface area contributed by atoms with Crippen LogP contribution in [0.3, 0.4) is 0 Å². The van der Waals surface area contributed by atoms with Gasteiger partial charge in [0.1, 0.15) is 0 Å². The Morgan fingerprint density at radius 1 is 1.08 bits per heavy atom. The zero-order chi connectivity index (χ0) is 18.1. The van der Waals surface area contributed by atoms with Crippen LogP contribution in [-0.2, 0) is 13.1 Å². The van der Waals surface area contributed by atoms with E-state index in [1.54, 1.807) is 18.4 Å². The van der Waals surface area contributed by atoms with E-state index in [1.807, 2.05) is 38.1 Å². The summed E-state index contributed by atoms with van der Waals surface area (Å²) in [7, 11) is 1.75. The first-order valence-corrected chi connectivity index (χ1v) is 9.13. The highest BCUT2D eigenvalue weighted by Crippen LogP contribution is 2.09. The number of hydrogen-bond donors (Lipinski definition) is 4. The maximum atomic E-state index is 11.7. The van der Waals surface area contributed by atoms with E-state index in [-0.39, 0.29) is 36.0 Å². The van der Waals surface area contributed by atoms with Crippen LogP contribution in [0.4, 0.5) is 10.5 Å². The maximum Gasteiger partial charge on any atom is 0.319 e. The minimum atomic E-state index is -0.195. The molecule has 0 aliphatic heterocycles. The van der Waals surface area contributed by atoms with E-state index >= 15 is 0 Å². The average Bonchev–Trinajstić information content (AvgIpc) is 3.09. The zero-order valence-electron chi connectivity index (χ0n) is 15.2. The van der Waals surface area contributed by atoms with Crippen LogP contribution in [0.5, 0.6) is 0 Å². The van der Waals surface area contributed by atoms with Crippen LogP contribution < -0.4 is 21.3 Å². The lowest BCUT2D eigenvalue weighted by Gasteiger charge is -2.12. The number of anilines is 1. The molecule has 2 aromatic rings. The van der Waals surface area contributed by atoms with Crippen LogP contribution in [0, 0.1) is 0 Å². The number of nitrogens with one attached hydrogen (secondary N) is 4. The van der Waals surface area contributed by atoms with Gasteiger partial charge < -0.3 is 21.3 Å². The second-order valence-corrected chi connectivity index (χ2v) is 6.64. The van der Waals surface area contributed by atoms with Crippen molar-refractivity contribution in [3.63, 3.8) is 0 Å². The molecule has 2 rings (SSSR count). The average molecular weight is 487 g/mol. The van der Waals surface area contributed by atoms with E-state index in [2.05, 4.69) is 43.1 Å². The van der Waals surface area contributed by atoms with Crippen molar-refractivity contribution < 1.29 is 4.79 Å². The molecule has 0 saturated heterocycles. The molecule has 4 N–H and O–H groups in total. The van der Waals surface area contributed by atoms with Crippen LogP contribution in [-0.4, -0.2) is 25.1 Å². The summed E-state index contributed by atoms with van der Waals surface area (Å²) in [6, 6.07) is 9.73. The Bertz CT molecular complexity index is 686. The molecule has 1 aromatic carbocycles. The Hall–Kier alpha value is -1.81. The fourth-order valence-electron chi connectivity index (χ4n) is 2.12. The number of halogens is 1. The molecule has 0 radical (unpaired) electrons. The number of amides is 2. The van der Waals surface area contributed by atoms with Gasteiger partial charge in [-0.05, 0) is 53.9 Å². The van der Waals surface area contributed by atoms with E-state index in [0.29, 0.717) is 6.54 Å². The molecule has 0 atom stereocenters. The minimum absolute atomic E-state index is 0. The number of benzene rings is 1. The van der Waals surface area contributed by atoms with Gasteiger partial charge in [-0.3, -0.25) is 4.99 Å². The lowest BCUT2D eigenvalue weighted by Crippen LogP contribution is -2.36. The van der Waals surface area contributed by atoms with Gasteiger partial charge in [0.2, 0.25) is 0 Å². The van der Waals surface area contributed by atoms with E-state index in [9.17, 15) is 4.79 Å². The molecule has 0 unspecified atom stereocenters. The molecule has 0 aliphatic carbocycles. The lowest BCUT2D eigenvalue weighted by atomic mass is 10.2. The summed E-state index contributed by atoms with van der Waals surface area (Å²) >= 11 is 1.68. The summed E-state index contributed by atoms with van der Waals surface area (Å²) < 4.78 is 0. The SMILES string of the molecule is CN=C(NCc1ccc(NC(=O)NC(C)C)cc1)NCc1ccsc1.I.